The van der Waals surface area contributed by atoms with Crippen LogP contribution in [0.1, 0.15) is 5.56 Å². The van der Waals surface area contributed by atoms with E-state index >= 15 is 0 Å². The summed E-state index contributed by atoms with van der Waals surface area (Å²) in [6.45, 7) is 0. The lowest BCUT2D eigenvalue weighted by molar-refractivity contribution is -0.139. The molecule has 2 aromatic carbocycles. The van der Waals surface area contributed by atoms with Gasteiger partial charge in [0.25, 0.3) is 10.0 Å². The van der Waals surface area contributed by atoms with Gasteiger partial charge < -0.3 is 0 Å². The summed E-state index contributed by atoms with van der Waals surface area (Å²) < 4.78 is 79.1. The second-order valence-electron chi connectivity index (χ2n) is 4.73. The van der Waals surface area contributed by atoms with Crippen molar-refractivity contribution in [2.45, 2.75) is 11.1 Å². The molecule has 3 rings (SSSR count). The molecule has 0 amide bonds. The van der Waals surface area contributed by atoms with Gasteiger partial charge in [-0.1, -0.05) is 23.5 Å². The zero-order chi connectivity index (χ0) is 17.5. The molecule has 10 heteroatoms. The van der Waals surface area contributed by atoms with E-state index < -0.39 is 32.5 Å². The first-order valence-corrected chi connectivity index (χ1v) is 8.72. The number of nitrogens with zero attached hydrogens (tertiary/aromatic N) is 1. The van der Waals surface area contributed by atoms with E-state index in [0.717, 1.165) is 35.6 Å². The van der Waals surface area contributed by atoms with E-state index in [2.05, 4.69) is 4.98 Å². The number of rotatable bonds is 3. The Hall–Kier alpha value is -2.20. The van der Waals surface area contributed by atoms with Crippen molar-refractivity contribution in [1.29, 1.82) is 0 Å². The molecule has 3 aromatic rings. The van der Waals surface area contributed by atoms with Crippen molar-refractivity contribution in [3.8, 4) is 0 Å². The monoisotopic (exact) mass is 376 g/mol. The van der Waals surface area contributed by atoms with Crippen LogP contribution in [0, 0.1) is 5.82 Å². The van der Waals surface area contributed by atoms with Gasteiger partial charge in [0.1, 0.15) is 5.82 Å². The molecular formula is C14H8F4N2O2S2. The first kappa shape index (κ1) is 16.7. The molecule has 0 spiro atoms. The van der Waals surface area contributed by atoms with Gasteiger partial charge in [-0.2, -0.15) is 13.2 Å². The largest absolute Gasteiger partial charge is 0.417 e. The Bertz CT molecular complexity index is 1010. The van der Waals surface area contributed by atoms with E-state index in [-0.39, 0.29) is 5.13 Å². The number of hydrogen-bond acceptors (Lipinski definition) is 4. The first-order valence-electron chi connectivity index (χ1n) is 6.42. The van der Waals surface area contributed by atoms with Gasteiger partial charge in [0.2, 0.25) is 0 Å². The molecule has 0 aliphatic rings. The molecular weight excluding hydrogens is 368 g/mol. The smallest absolute Gasteiger partial charge is 0.255 e. The van der Waals surface area contributed by atoms with E-state index in [0.29, 0.717) is 16.3 Å². The number of thiazole rings is 1. The summed E-state index contributed by atoms with van der Waals surface area (Å²) >= 11 is 0.824. The van der Waals surface area contributed by atoms with Gasteiger partial charge in [0.15, 0.2) is 5.13 Å². The molecule has 0 atom stereocenters. The van der Waals surface area contributed by atoms with Gasteiger partial charge >= 0.3 is 6.18 Å². The van der Waals surface area contributed by atoms with Gasteiger partial charge in [0.05, 0.1) is 20.7 Å². The predicted molar refractivity (Wildman–Crippen MR) is 81.8 cm³/mol. The summed E-state index contributed by atoms with van der Waals surface area (Å²) in [7, 11) is -4.50. The van der Waals surface area contributed by atoms with E-state index in [1.54, 1.807) is 0 Å². The highest BCUT2D eigenvalue weighted by Gasteiger charge is 2.37. The quantitative estimate of drug-likeness (QED) is 0.695. The van der Waals surface area contributed by atoms with Crippen LogP contribution in [0.25, 0.3) is 10.2 Å². The maximum atomic E-state index is 13.1. The topological polar surface area (TPSA) is 59.1 Å². The zero-order valence-corrected chi connectivity index (χ0v) is 13.3. The average molecular weight is 376 g/mol. The molecule has 0 bridgehead atoms. The van der Waals surface area contributed by atoms with Gasteiger partial charge in [-0.15, -0.1) is 0 Å². The van der Waals surface area contributed by atoms with Crippen LogP contribution in [0.3, 0.4) is 0 Å². The zero-order valence-electron chi connectivity index (χ0n) is 11.6. The van der Waals surface area contributed by atoms with Crippen LogP contribution in [0.2, 0.25) is 0 Å². The van der Waals surface area contributed by atoms with Crippen LogP contribution in [-0.4, -0.2) is 13.4 Å². The molecule has 0 fully saturated rings. The SMILES string of the molecule is O=S(=O)(Nc1nc2ccc(F)cc2s1)c1ccccc1C(F)(F)F. The normalized spacial score (nSPS) is 12.5. The summed E-state index contributed by atoms with van der Waals surface area (Å²) in [6.07, 6.45) is -4.82. The molecule has 24 heavy (non-hydrogen) atoms. The molecule has 0 aliphatic heterocycles. The fourth-order valence-electron chi connectivity index (χ4n) is 2.05. The minimum Gasteiger partial charge on any atom is -0.255 e. The second kappa shape index (κ2) is 5.71. The molecule has 1 heterocycles. The molecule has 4 nitrogen and oxygen atoms in total. The Morgan fingerprint density at radius 3 is 2.50 bits per heavy atom. The number of nitrogens with one attached hydrogen (secondary N) is 1. The number of alkyl halides is 3. The molecule has 0 radical (unpaired) electrons. The highest BCUT2D eigenvalue weighted by Crippen LogP contribution is 2.35. The van der Waals surface area contributed by atoms with Gasteiger partial charge in [-0.25, -0.2) is 17.8 Å². The number of hydrogen-bond donors (Lipinski definition) is 1. The number of sulfonamides is 1. The van der Waals surface area contributed by atoms with E-state index in [4.69, 9.17) is 0 Å². The minimum absolute atomic E-state index is 0.146. The molecule has 0 unspecified atom stereocenters. The number of aromatic nitrogens is 1. The van der Waals surface area contributed by atoms with E-state index in [1.807, 2.05) is 4.72 Å². The molecule has 0 saturated heterocycles. The van der Waals surface area contributed by atoms with Crippen LogP contribution in [0.5, 0.6) is 0 Å². The standard InChI is InChI=1S/C14H8F4N2O2S2/c15-8-5-6-10-11(7-8)23-13(19-10)20-24(21,22)12-4-2-1-3-9(12)14(16,17)18/h1-7H,(H,19,20). The van der Waals surface area contributed by atoms with Crippen LogP contribution in [0.15, 0.2) is 47.4 Å². The van der Waals surface area contributed by atoms with Gasteiger partial charge in [0, 0.05) is 0 Å². The molecule has 0 aliphatic carbocycles. The van der Waals surface area contributed by atoms with Crippen molar-refractivity contribution in [3.05, 3.63) is 53.8 Å². The summed E-state index contributed by atoms with van der Waals surface area (Å²) in [5.74, 6) is -0.525. The first-order chi connectivity index (χ1) is 11.2. The van der Waals surface area contributed by atoms with Gasteiger partial charge in [-0.3, -0.25) is 4.72 Å². The number of fused-ring (bicyclic) bond motifs is 1. The van der Waals surface area contributed by atoms with E-state index in [9.17, 15) is 26.0 Å². The third-order valence-corrected chi connectivity index (χ3v) is 5.51. The van der Waals surface area contributed by atoms with Gasteiger partial charge in [-0.05, 0) is 30.3 Å². The van der Waals surface area contributed by atoms with Crippen molar-refractivity contribution < 1.29 is 26.0 Å². The third kappa shape index (κ3) is 3.20. The van der Waals surface area contributed by atoms with Crippen LogP contribution in [-0.2, 0) is 16.2 Å². The number of halogens is 4. The van der Waals surface area contributed by atoms with Crippen LogP contribution >= 0.6 is 11.3 Å². The minimum atomic E-state index is -4.82. The van der Waals surface area contributed by atoms with Crippen molar-refractivity contribution in [3.63, 3.8) is 0 Å². The Morgan fingerprint density at radius 2 is 1.79 bits per heavy atom. The second-order valence-corrected chi connectivity index (χ2v) is 7.41. The maximum Gasteiger partial charge on any atom is 0.417 e. The summed E-state index contributed by atoms with van der Waals surface area (Å²) in [4.78, 5) is 3.04. The molecule has 1 aromatic heterocycles. The Balaban J connectivity index is 2.02. The lowest BCUT2D eigenvalue weighted by Crippen LogP contribution is -2.18. The fourth-order valence-corrected chi connectivity index (χ4v) is 4.40. The highest BCUT2D eigenvalue weighted by molar-refractivity contribution is 7.93. The van der Waals surface area contributed by atoms with Crippen molar-refractivity contribution in [2.24, 2.45) is 0 Å². The Labute approximate surface area is 137 Å². The lowest BCUT2D eigenvalue weighted by Gasteiger charge is -2.13. The lowest BCUT2D eigenvalue weighted by atomic mass is 10.2. The fraction of sp³-hybridized carbons (Fsp3) is 0.0714. The van der Waals surface area contributed by atoms with Crippen molar-refractivity contribution in [2.75, 3.05) is 4.72 Å². The predicted octanol–water partition coefficient (Wildman–Crippen LogP) is 4.26. The number of benzene rings is 2. The van der Waals surface area contributed by atoms with Crippen LogP contribution < -0.4 is 4.72 Å². The third-order valence-electron chi connectivity index (χ3n) is 3.05. The van der Waals surface area contributed by atoms with Crippen molar-refractivity contribution in [1.82, 2.24) is 4.98 Å². The van der Waals surface area contributed by atoms with Crippen molar-refractivity contribution >= 4 is 36.7 Å². The molecule has 0 saturated carbocycles. The summed E-state index contributed by atoms with van der Waals surface area (Å²) in [5, 5.41) is -0.146. The summed E-state index contributed by atoms with van der Waals surface area (Å²) in [5.41, 5.74) is -0.937. The Morgan fingerprint density at radius 1 is 1.08 bits per heavy atom. The highest BCUT2D eigenvalue weighted by atomic mass is 32.2. The molecule has 1 N–H and O–H groups in total. The molecule has 126 valence electrons. The Kier molecular flexibility index (Phi) is 3.96. The van der Waals surface area contributed by atoms with E-state index in [1.165, 1.54) is 12.1 Å². The maximum absolute atomic E-state index is 13.1. The average Bonchev–Trinajstić information content (AvgIpc) is 2.87. The summed E-state index contributed by atoms with van der Waals surface area (Å²) in [6, 6.07) is 7.50. The number of anilines is 1. The van der Waals surface area contributed by atoms with Crippen LogP contribution in [0.4, 0.5) is 22.7 Å².